The van der Waals surface area contributed by atoms with Gasteiger partial charge in [-0.3, -0.25) is 5.84 Å². The van der Waals surface area contributed by atoms with Crippen LogP contribution in [0.15, 0.2) is 53.4 Å². The number of hydrogen-bond acceptors (Lipinski definition) is 5. The van der Waals surface area contributed by atoms with Gasteiger partial charge in [0.05, 0.1) is 12.0 Å². The molecule has 0 aliphatic carbocycles. The first-order valence-corrected chi connectivity index (χ1v) is 7.73. The summed E-state index contributed by atoms with van der Waals surface area (Å²) in [4.78, 5) is 0.177. The molecule has 0 unspecified atom stereocenters. The highest BCUT2D eigenvalue weighted by molar-refractivity contribution is 7.89. The zero-order chi connectivity index (χ0) is 15.3. The van der Waals surface area contributed by atoms with Gasteiger partial charge in [-0.25, -0.2) is 13.1 Å². The smallest absolute Gasteiger partial charge is 0.240 e. The average Bonchev–Trinajstić information content (AvgIpc) is 2.53. The molecule has 4 N–H and O–H groups in total. The second kappa shape index (κ2) is 6.57. The topological polar surface area (TPSA) is 93.4 Å². The fourth-order valence-electron chi connectivity index (χ4n) is 1.84. The fourth-order valence-corrected chi connectivity index (χ4v) is 2.84. The van der Waals surface area contributed by atoms with Gasteiger partial charge in [0.15, 0.2) is 0 Å². The summed E-state index contributed by atoms with van der Waals surface area (Å²) >= 11 is 0. The monoisotopic (exact) mass is 307 g/mol. The Hall–Kier alpha value is -2.09. The van der Waals surface area contributed by atoms with Crippen LogP contribution >= 0.6 is 0 Å². The molecule has 0 fully saturated rings. The van der Waals surface area contributed by atoms with Gasteiger partial charge in [-0.1, -0.05) is 18.2 Å². The van der Waals surface area contributed by atoms with Gasteiger partial charge in [0.2, 0.25) is 10.0 Å². The molecule has 7 heteroatoms. The lowest BCUT2D eigenvalue weighted by Gasteiger charge is -2.10. The second-order valence-electron chi connectivity index (χ2n) is 4.31. The number of para-hydroxylation sites is 1. The van der Waals surface area contributed by atoms with Crippen LogP contribution < -0.4 is 20.7 Å². The maximum absolute atomic E-state index is 12.2. The minimum absolute atomic E-state index is 0.156. The van der Waals surface area contributed by atoms with Crippen molar-refractivity contribution in [2.45, 2.75) is 11.4 Å². The summed E-state index contributed by atoms with van der Waals surface area (Å²) < 4.78 is 32.1. The van der Waals surface area contributed by atoms with Crippen molar-refractivity contribution < 1.29 is 13.2 Å². The summed E-state index contributed by atoms with van der Waals surface area (Å²) in [6.45, 7) is 0.156. The largest absolute Gasteiger partial charge is 0.496 e. The molecule has 0 bridgehead atoms. The minimum atomic E-state index is -3.58. The van der Waals surface area contributed by atoms with Crippen molar-refractivity contribution in [1.82, 2.24) is 4.72 Å². The number of methoxy groups -OCH3 is 1. The highest BCUT2D eigenvalue weighted by atomic mass is 32.2. The number of rotatable bonds is 6. The molecule has 0 saturated carbocycles. The summed E-state index contributed by atoms with van der Waals surface area (Å²) in [5.41, 5.74) is 3.85. The molecular weight excluding hydrogens is 290 g/mol. The van der Waals surface area contributed by atoms with Gasteiger partial charge in [0.1, 0.15) is 5.75 Å². The molecule has 2 aromatic rings. The van der Waals surface area contributed by atoms with Gasteiger partial charge in [-0.05, 0) is 30.3 Å². The van der Waals surface area contributed by atoms with E-state index in [1.165, 1.54) is 12.1 Å². The number of ether oxygens (including phenoxy) is 1. The van der Waals surface area contributed by atoms with E-state index < -0.39 is 10.0 Å². The molecule has 6 nitrogen and oxygen atoms in total. The molecule has 0 atom stereocenters. The van der Waals surface area contributed by atoms with Crippen molar-refractivity contribution in [2.75, 3.05) is 12.5 Å². The lowest BCUT2D eigenvalue weighted by molar-refractivity contribution is 0.409. The number of benzene rings is 2. The van der Waals surface area contributed by atoms with Crippen LogP contribution in [0, 0.1) is 0 Å². The first-order valence-electron chi connectivity index (χ1n) is 6.25. The van der Waals surface area contributed by atoms with Crippen LogP contribution in [0.5, 0.6) is 5.75 Å². The molecule has 21 heavy (non-hydrogen) atoms. The van der Waals surface area contributed by atoms with Crippen LogP contribution in [0.25, 0.3) is 0 Å². The van der Waals surface area contributed by atoms with Crippen molar-refractivity contribution >= 4 is 15.7 Å². The molecule has 2 aromatic carbocycles. The van der Waals surface area contributed by atoms with Gasteiger partial charge in [0, 0.05) is 17.8 Å². The second-order valence-corrected chi connectivity index (χ2v) is 6.07. The molecule has 112 valence electrons. The first-order chi connectivity index (χ1) is 10.1. The SMILES string of the molecule is COc1ccccc1CNS(=O)(=O)c1ccc(NN)cc1. The number of hydrazine groups is 1. The Bertz CT molecular complexity index is 700. The van der Waals surface area contributed by atoms with Gasteiger partial charge < -0.3 is 10.2 Å². The van der Waals surface area contributed by atoms with E-state index in [1.54, 1.807) is 25.3 Å². The van der Waals surface area contributed by atoms with Crippen LogP contribution in [0.3, 0.4) is 0 Å². The Labute approximate surface area is 124 Å². The average molecular weight is 307 g/mol. The van der Waals surface area contributed by atoms with E-state index in [2.05, 4.69) is 10.1 Å². The summed E-state index contributed by atoms with van der Waals surface area (Å²) in [6, 6.07) is 13.4. The Kier molecular flexibility index (Phi) is 4.79. The predicted octanol–water partition coefficient (Wildman–Crippen LogP) is 1.46. The van der Waals surface area contributed by atoms with Gasteiger partial charge in [-0.15, -0.1) is 0 Å². The van der Waals surface area contributed by atoms with Gasteiger partial charge in [-0.2, -0.15) is 0 Å². The summed E-state index contributed by atoms with van der Waals surface area (Å²) in [6.07, 6.45) is 0. The van der Waals surface area contributed by atoms with E-state index in [1.807, 2.05) is 18.2 Å². The molecule has 0 amide bonds. The zero-order valence-electron chi connectivity index (χ0n) is 11.5. The quantitative estimate of drug-likeness (QED) is 0.555. The lowest BCUT2D eigenvalue weighted by Crippen LogP contribution is -2.23. The van der Waals surface area contributed by atoms with E-state index >= 15 is 0 Å². The molecule has 0 radical (unpaired) electrons. The molecule has 0 spiro atoms. The van der Waals surface area contributed by atoms with Crippen molar-refractivity contribution in [2.24, 2.45) is 5.84 Å². The Balaban J connectivity index is 2.13. The van der Waals surface area contributed by atoms with Crippen molar-refractivity contribution in [3.05, 3.63) is 54.1 Å². The number of nitrogens with two attached hydrogens (primary N) is 1. The van der Waals surface area contributed by atoms with Crippen LogP contribution in [0.4, 0.5) is 5.69 Å². The van der Waals surface area contributed by atoms with E-state index in [0.29, 0.717) is 11.4 Å². The number of nitrogen functional groups attached to an aromatic ring is 1. The van der Waals surface area contributed by atoms with Gasteiger partial charge >= 0.3 is 0 Å². The minimum Gasteiger partial charge on any atom is -0.496 e. The molecule has 0 heterocycles. The third kappa shape index (κ3) is 3.72. The molecule has 0 saturated heterocycles. The van der Waals surface area contributed by atoms with Crippen molar-refractivity contribution in [1.29, 1.82) is 0 Å². The van der Waals surface area contributed by atoms with E-state index in [0.717, 1.165) is 5.56 Å². The van der Waals surface area contributed by atoms with E-state index in [9.17, 15) is 8.42 Å². The third-order valence-electron chi connectivity index (χ3n) is 2.98. The normalized spacial score (nSPS) is 11.1. The number of hydrogen-bond donors (Lipinski definition) is 3. The molecule has 0 aromatic heterocycles. The summed E-state index contributed by atoms with van der Waals surface area (Å²) in [7, 11) is -2.04. The van der Waals surface area contributed by atoms with Crippen LogP contribution in [0.1, 0.15) is 5.56 Å². The van der Waals surface area contributed by atoms with E-state index in [-0.39, 0.29) is 11.4 Å². The van der Waals surface area contributed by atoms with Crippen LogP contribution in [0.2, 0.25) is 0 Å². The van der Waals surface area contributed by atoms with Gasteiger partial charge in [0.25, 0.3) is 0 Å². The van der Waals surface area contributed by atoms with Crippen molar-refractivity contribution in [3.63, 3.8) is 0 Å². The molecular formula is C14H17N3O3S. The predicted molar refractivity (Wildman–Crippen MR) is 81.3 cm³/mol. The summed E-state index contributed by atoms with van der Waals surface area (Å²) in [5.74, 6) is 5.89. The molecule has 0 aliphatic heterocycles. The number of nitrogens with one attached hydrogen (secondary N) is 2. The maximum atomic E-state index is 12.2. The van der Waals surface area contributed by atoms with Crippen LogP contribution in [-0.4, -0.2) is 15.5 Å². The summed E-state index contributed by atoms with van der Waals surface area (Å²) in [5, 5.41) is 0. The van der Waals surface area contributed by atoms with Crippen LogP contribution in [-0.2, 0) is 16.6 Å². The van der Waals surface area contributed by atoms with E-state index in [4.69, 9.17) is 10.6 Å². The maximum Gasteiger partial charge on any atom is 0.240 e. The highest BCUT2D eigenvalue weighted by Crippen LogP contribution is 2.18. The first kappa shape index (κ1) is 15.3. The third-order valence-corrected chi connectivity index (χ3v) is 4.39. The number of anilines is 1. The number of sulfonamides is 1. The molecule has 2 rings (SSSR count). The Morgan fingerprint density at radius 2 is 1.76 bits per heavy atom. The molecule has 0 aliphatic rings. The van der Waals surface area contributed by atoms with Crippen molar-refractivity contribution in [3.8, 4) is 5.75 Å². The fraction of sp³-hybridized carbons (Fsp3) is 0.143. The lowest BCUT2D eigenvalue weighted by atomic mass is 10.2. The Morgan fingerprint density at radius 3 is 2.38 bits per heavy atom. The standard InChI is InChI=1S/C14H17N3O3S/c1-20-14-5-3-2-4-11(14)10-16-21(18,19)13-8-6-12(17-15)7-9-13/h2-9,16-17H,10,15H2,1H3. The highest BCUT2D eigenvalue weighted by Gasteiger charge is 2.14. The Morgan fingerprint density at radius 1 is 1.10 bits per heavy atom. The zero-order valence-corrected chi connectivity index (χ0v) is 12.4.